The molecule has 102 valence electrons. The van der Waals surface area contributed by atoms with Crippen molar-refractivity contribution in [3.05, 3.63) is 41.6 Å². The normalized spacial score (nSPS) is 11.1. The summed E-state index contributed by atoms with van der Waals surface area (Å²) in [7, 11) is 0. The van der Waals surface area contributed by atoms with Crippen LogP contribution in [-0.2, 0) is 6.54 Å². The number of oxazole rings is 1. The minimum absolute atomic E-state index is 0.128. The molecular weight excluding hydrogens is 260 g/mol. The maximum Gasteiger partial charge on any atom is 0.236 e. The fraction of sp³-hybridized carbons (Fsp3) is 0.357. The van der Waals surface area contributed by atoms with E-state index in [0.29, 0.717) is 19.0 Å². The second kappa shape index (κ2) is 6.65. The van der Waals surface area contributed by atoms with Gasteiger partial charge in [0.2, 0.25) is 5.89 Å². The van der Waals surface area contributed by atoms with Crippen molar-refractivity contribution < 1.29 is 9.52 Å². The first-order valence-corrected chi connectivity index (χ1v) is 7.07. The molecule has 0 saturated carbocycles. The van der Waals surface area contributed by atoms with Crippen molar-refractivity contribution in [2.24, 2.45) is 0 Å². The number of aromatic nitrogens is 1. The van der Waals surface area contributed by atoms with E-state index in [-0.39, 0.29) is 6.61 Å². The van der Waals surface area contributed by atoms with Crippen molar-refractivity contribution in [1.82, 2.24) is 9.88 Å². The summed E-state index contributed by atoms with van der Waals surface area (Å²) in [5, 5.41) is 11.1. The van der Waals surface area contributed by atoms with Gasteiger partial charge in [0.1, 0.15) is 5.76 Å². The fourth-order valence-corrected chi connectivity index (χ4v) is 2.50. The van der Waals surface area contributed by atoms with Crippen molar-refractivity contribution in [1.29, 1.82) is 0 Å². The maximum atomic E-state index is 9.05. The Hall–Kier alpha value is -1.43. The third-order valence-electron chi connectivity index (χ3n) is 2.80. The molecule has 5 heteroatoms. The van der Waals surface area contributed by atoms with Gasteiger partial charge in [0.25, 0.3) is 0 Å². The smallest absolute Gasteiger partial charge is 0.236 e. The molecule has 0 unspecified atom stereocenters. The lowest BCUT2D eigenvalue weighted by Crippen LogP contribution is -2.27. The molecule has 0 aliphatic carbocycles. The van der Waals surface area contributed by atoms with Crippen LogP contribution in [0.4, 0.5) is 0 Å². The number of aryl methyl sites for hydroxylation is 1. The van der Waals surface area contributed by atoms with Crippen molar-refractivity contribution >= 4 is 11.3 Å². The summed E-state index contributed by atoms with van der Waals surface area (Å²) < 4.78 is 5.70. The van der Waals surface area contributed by atoms with Gasteiger partial charge in [0.15, 0.2) is 0 Å². The summed E-state index contributed by atoms with van der Waals surface area (Å²) in [6.07, 6.45) is 1.82. The van der Waals surface area contributed by atoms with E-state index in [1.54, 1.807) is 11.3 Å². The molecule has 0 atom stereocenters. The summed E-state index contributed by atoms with van der Waals surface area (Å²) in [5.74, 6) is 1.50. The average Bonchev–Trinajstić information content (AvgIpc) is 3.00. The number of rotatable bonds is 7. The minimum Gasteiger partial charge on any atom is -0.440 e. The van der Waals surface area contributed by atoms with Crippen LogP contribution in [0.2, 0.25) is 0 Å². The Morgan fingerprint density at radius 1 is 1.58 bits per heavy atom. The molecule has 1 N–H and O–H groups in total. The molecule has 0 amide bonds. The zero-order valence-electron chi connectivity index (χ0n) is 11.0. The Kier molecular flexibility index (Phi) is 4.90. The molecule has 0 aliphatic heterocycles. The summed E-state index contributed by atoms with van der Waals surface area (Å²) >= 11 is 1.61. The predicted molar refractivity (Wildman–Crippen MR) is 77.1 cm³/mol. The van der Waals surface area contributed by atoms with Crippen molar-refractivity contribution in [3.8, 4) is 10.8 Å². The molecule has 0 bridgehead atoms. The Morgan fingerprint density at radius 2 is 2.42 bits per heavy atom. The van der Waals surface area contributed by atoms with E-state index in [2.05, 4.69) is 16.5 Å². The summed E-state index contributed by atoms with van der Waals surface area (Å²) in [6, 6.07) is 3.98. The summed E-state index contributed by atoms with van der Waals surface area (Å²) in [5.41, 5.74) is 0.915. The lowest BCUT2D eigenvalue weighted by atomic mass is 10.3. The highest BCUT2D eigenvalue weighted by molar-refractivity contribution is 7.13. The molecule has 0 spiro atoms. The average molecular weight is 278 g/mol. The van der Waals surface area contributed by atoms with E-state index < -0.39 is 0 Å². The van der Waals surface area contributed by atoms with Crippen LogP contribution in [0.1, 0.15) is 11.5 Å². The molecule has 0 aliphatic rings. The highest BCUT2D eigenvalue weighted by Crippen LogP contribution is 2.26. The monoisotopic (exact) mass is 278 g/mol. The van der Waals surface area contributed by atoms with E-state index in [1.165, 1.54) is 0 Å². The lowest BCUT2D eigenvalue weighted by Gasteiger charge is -2.17. The Morgan fingerprint density at radius 3 is 3.05 bits per heavy atom. The second-order valence-electron chi connectivity index (χ2n) is 4.25. The number of aliphatic hydroxyl groups excluding tert-OH is 1. The number of nitrogens with zero attached hydrogens (tertiary/aromatic N) is 2. The highest BCUT2D eigenvalue weighted by Gasteiger charge is 2.14. The Balaban J connectivity index is 2.13. The second-order valence-corrected chi connectivity index (χ2v) is 5.19. The van der Waals surface area contributed by atoms with Crippen molar-refractivity contribution in [3.63, 3.8) is 0 Å². The molecule has 2 heterocycles. The van der Waals surface area contributed by atoms with Crippen LogP contribution in [-0.4, -0.2) is 34.7 Å². The number of aliphatic hydroxyl groups is 1. The third kappa shape index (κ3) is 3.53. The lowest BCUT2D eigenvalue weighted by molar-refractivity contribution is 0.201. The van der Waals surface area contributed by atoms with Crippen LogP contribution in [0.15, 0.2) is 34.6 Å². The van der Waals surface area contributed by atoms with Gasteiger partial charge in [-0.3, -0.25) is 4.90 Å². The van der Waals surface area contributed by atoms with Gasteiger partial charge in [0, 0.05) is 19.6 Å². The standard InChI is InChI=1S/C14H18N2O2S/c1-3-6-16(7-8-17)10-12-11(2)18-14(15-12)13-5-4-9-19-13/h3-5,9,17H,1,6-8,10H2,2H3. The molecule has 0 radical (unpaired) electrons. The molecular formula is C14H18N2O2S. The van der Waals surface area contributed by atoms with E-state index >= 15 is 0 Å². The molecule has 0 fully saturated rings. The molecule has 0 saturated heterocycles. The van der Waals surface area contributed by atoms with E-state index in [4.69, 9.17) is 9.52 Å². The first kappa shape index (κ1) is 14.0. The van der Waals surface area contributed by atoms with E-state index in [1.807, 2.05) is 30.5 Å². The van der Waals surface area contributed by atoms with Gasteiger partial charge < -0.3 is 9.52 Å². The van der Waals surface area contributed by atoms with Gasteiger partial charge in [-0.2, -0.15) is 0 Å². The number of hydrogen-bond acceptors (Lipinski definition) is 5. The summed E-state index contributed by atoms with van der Waals surface area (Å²) in [4.78, 5) is 7.66. The Bertz CT molecular complexity index is 520. The fourth-order valence-electron chi connectivity index (χ4n) is 1.85. The SMILES string of the molecule is C=CCN(CCO)Cc1nc(-c2cccs2)oc1C. The van der Waals surface area contributed by atoms with Gasteiger partial charge in [-0.25, -0.2) is 4.98 Å². The van der Waals surface area contributed by atoms with Crippen molar-refractivity contribution in [2.75, 3.05) is 19.7 Å². The highest BCUT2D eigenvalue weighted by atomic mass is 32.1. The first-order valence-electron chi connectivity index (χ1n) is 6.19. The van der Waals surface area contributed by atoms with Crippen LogP contribution in [0.5, 0.6) is 0 Å². The van der Waals surface area contributed by atoms with Gasteiger partial charge >= 0.3 is 0 Å². The molecule has 2 aromatic rings. The minimum atomic E-state index is 0.128. The maximum absolute atomic E-state index is 9.05. The Labute approximate surface area is 117 Å². The predicted octanol–water partition coefficient (Wildman–Crippen LogP) is 2.69. The topological polar surface area (TPSA) is 49.5 Å². The molecule has 2 aromatic heterocycles. The van der Waals surface area contributed by atoms with Crippen LogP contribution in [0, 0.1) is 6.92 Å². The molecule has 19 heavy (non-hydrogen) atoms. The van der Waals surface area contributed by atoms with E-state index in [9.17, 15) is 0 Å². The molecule has 0 aromatic carbocycles. The quantitative estimate of drug-likeness (QED) is 0.791. The van der Waals surface area contributed by atoms with Gasteiger partial charge in [-0.15, -0.1) is 17.9 Å². The number of thiophene rings is 1. The number of hydrogen-bond donors (Lipinski definition) is 1. The van der Waals surface area contributed by atoms with E-state index in [0.717, 1.165) is 22.9 Å². The third-order valence-corrected chi connectivity index (χ3v) is 3.66. The zero-order valence-corrected chi connectivity index (χ0v) is 11.8. The van der Waals surface area contributed by atoms with Crippen LogP contribution >= 0.6 is 11.3 Å². The zero-order chi connectivity index (χ0) is 13.7. The van der Waals surface area contributed by atoms with Crippen LogP contribution < -0.4 is 0 Å². The largest absolute Gasteiger partial charge is 0.440 e. The van der Waals surface area contributed by atoms with Gasteiger partial charge in [-0.05, 0) is 18.4 Å². The molecule has 2 rings (SSSR count). The van der Waals surface area contributed by atoms with Crippen molar-refractivity contribution in [2.45, 2.75) is 13.5 Å². The molecule has 4 nitrogen and oxygen atoms in total. The van der Waals surface area contributed by atoms with Crippen LogP contribution in [0.3, 0.4) is 0 Å². The summed E-state index contributed by atoms with van der Waals surface area (Å²) in [6.45, 7) is 7.76. The van der Waals surface area contributed by atoms with Crippen LogP contribution in [0.25, 0.3) is 10.8 Å². The first-order chi connectivity index (χ1) is 9.24. The van der Waals surface area contributed by atoms with Gasteiger partial charge in [0.05, 0.1) is 17.2 Å². The van der Waals surface area contributed by atoms with Gasteiger partial charge in [-0.1, -0.05) is 12.1 Å².